The van der Waals surface area contributed by atoms with Gasteiger partial charge >= 0.3 is 5.97 Å². The van der Waals surface area contributed by atoms with Crippen LogP contribution in [0.1, 0.15) is 24.8 Å². The van der Waals surface area contributed by atoms with Crippen LogP contribution in [-0.4, -0.2) is 18.2 Å². The number of methoxy groups -OCH3 is 1. The fourth-order valence-corrected chi connectivity index (χ4v) is 3.88. The molecule has 0 aromatic heterocycles. The van der Waals surface area contributed by atoms with Crippen molar-refractivity contribution in [1.82, 2.24) is 0 Å². The highest BCUT2D eigenvalue weighted by molar-refractivity contribution is 5.76. The van der Waals surface area contributed by atoms with Gasteiger partial charge in [-0.2, -0.15) is 0 Å². The van der Waals surface area contributed by atoms with Crippen LogP contribution in [0.2, 0.25) is 0 Å². The zero-order chi connectivity index (χ0) is 12.0. The van der Waals surface area contributed by atoms with Crippen molar-refractivity contribution < 1.29 is 14.6 Å². The van der Waals surface area contributed by atoms with E-state index in [0.29, 0.717) is 5.92 Å². The van der Waals surface area contributed by atoms with Crippen molar-refractivity contribution in [3.63, 3.8) is 0 Å². The molecule has 2 bridgehead atoms. The number of carboxylic acids is 1. The van der Waals surface area contributed by atoms with E-state index < -0.39 is 5.97 Å². The van der Waals surface area contributed by atoms with Gasteiger partial charge in [-0.3, -0.25) is 4.79 Å². The van der Waals surface area contributed by atoms with Gasteiger partial charge in [0, 0.05) is 11.0 Å². The normalized spacial score (nSPS) is 34.2. The Labute approximate surface area is 100 Å². The molecular formula is C14H16O3. The largest absolute Gasteiger partial charge is 0.496 e. The van der Waals surface area contributed by atoms with E-state index in [1.165, 1.54) is 0 Å². The van der Waals surface area contributed by atoms with Crippen LogP contribution in [0.5, 0.6) is 5.75 Å². The van der Waals surface area contributed by atoms with Crippen molar-refractivity contribution in [2.75, 3.05) is 7.11 Å². The highest BCUT2D eigenvalue weighted by atomic mass is 16.5. The minimum Gasteiger partial charge on any atom is -0.496 e. The number of hydrogen-bond donors (Lipinski definition) is 1. The predicted octanol–water partition coefficient (Wildman–Crippen LogP) is 2.45. The van der Waals surface area contributed by atoms with E-state index in [-0.39, 0.29) is 11.3 Å². The lowest BCUT2D eigenvalue weighted by Crippen LogP contribution is -2.48. The zero-order valence-electron chi connectivity index (χ0n) is 9.85. The average molecular weight is 232 g/mol. The van der Waals surface area contributed by atoms with Crippen molar-refractivity contribution in [3.8, 4) is 5.75 Å². The Bertz CT molecular complexity index is 464. The molecule has 0 heterocycles. The standard InChI is InChI=1S/C14H16O3/c1-17-11-5-3-2-4-10(11)14-7-6-9(8-14)12(14)13(15)16/h2-5,9,12H,6-8H2,1H3,(H,15,16). The molecule has 3 unspecified atom stereocenters. The molecule has 0 aliphatic heterocycles. The van der Waals surface area contributed by atoms with Gasteiger partial charge in [-0.05, 0) is 31.2 Å². The summed E-state index contributed by atoms with van der Waals surface area (Å²) in [5.41, 5.74) is 0.923. The number of benzene rings is 1. The lowest BCUT2D eigenvalue weighted by Gasteiger charge is -2.45. The van der Waals surface area contributed by atoms with Crippen LogP contribution in [0.4, 0.5) is 0 Å². The first-order valence-corrected chi connectivity index (χ1v) is 6.05. The molecule has 1 aromatic carbocycles. The zero-order valence-corrected chi connectivity index (χ0v) is 9.85. The van der Waals surface area contributed by atoms with Crippen LogP contribution in [-0.2, 0) is 10.2 Å². The van der Waals surface area contributed by atoms with Crippen molar-refractivity contribution >= 4 is 5.97 Å². The van der Waals surface area contributed by atoms with Gasteiger partial charge in [-0.25, -0.2) is 0 Å². The van der Waals surface area contributed by atoms with Gasteiger partial charge in [0.2, 0.25) is 0 Å². The quantitative estimate of drug-likeness (QED) is 0.870. The molecule has 0 saturated heterocycles. The minimum atomic E-state index is -0.648. The Morgan fingerprint density at radius 3 is 2.88 bits per heavy atom. The Kier molecular flexibility index (Phi) is 2.18. The van der Waals surface area contributed by atoms with Gasteiger partial charge in [0.15, 0.2) is 0 Å². The van der Waals surface area contributed by atoms with Gasteiger partial charge in [-0.1, -0.05) is 18.2 Å². The fourth-order valence-electron chi connectivity index (χ4n) is 3.88. The Morgan fingerprint density at radius 2 is 2.24 bits per heavy atom. The molecule has 1 N–H and O–H groups in total. The summed E-state index contributed by atoms with van der Waals surface area (Å²) in [5, 5.41) is 9.36. The summed E-state index contributed by atoms with van der Waals surface area (Å²) in [5.74, 6) is 0.347. The maximum Gasteiger partial charge on any atom is 0.307 e. The summed E-state index contributed by atoms with van der Waals surface area (Å²) in [7, 11) is 1.65. The van der Waals surface area contributed by atoms with Crippen molar-refractivity contribution in [2.24, 2.45) is 11.8 Å². The maximum atomic E-state index is 11.4. The molecule has 3 aliphatic carbocycles. The number of ether oxygens (including phenoxy) is 1. The number of carbonyl (C=O) groups is 1. The van der Waals surface area contributed by atoms with Gasteiger partial charge in [0.05, 0.1) is 13.0 Å². The highest BCUT2D eigenvalue weighted by Crippen LogP contribution is 2.65. The molecule has 3 heteroatoms. The fraction of sp³-hybridized carbons (Fsp3) is 0.500. The summed E-state index contributed by atoms with van der Waals surface area (Å²) in [6.45, 7) is 0. The minimum absolute atomic E-state index is 0.164. The van der Waals surface area contributed by atoms with E-state index in [1.54, 1.807) is 7.11 Å². The highest BCUT2D eigenvalue weighted by Gasteiger charge is 2.63. The number of para-hydroxylation sites is 1. The molecule has 1 aromatic rings. The van der Waals surface area contributed by atoms with Gasteiger partial charge < -0.3 is 9.84 Å². The Balaban J connectivity index is 2.06. The second-order valence-corrected chi connectivity index (χ2v) is 5.18. The van der Waals surface area contributed by atoms with Crippen LogP contribution in [0, 0.1) is 11.8 Å². The summed E-state index contributed by atoms with van der Waals surface area (Å²) >= 11 is 0. The van der Waals surface area contributed by atoms with Crippen LogP contribution in [0.25, 0.3) is 0 Å². The SMILES string of the molecule is COc1ccccc1C12CCC(C1)C2C(=O)O. The molecule has 90 valence electrons. The van der Waals surface area contributed by atoms with Crippen molar-refractivity contribution in [1.29, 1.82) is 0 Å². The van der Waals surface area contributed by atoms with Crippen LogP contribution in [0.15, 0.2) is 24.3 Å². The first kappa shape index (κ1) is 10.6. The third-order valence-corrected chi connectivity index (χ3v) is 4.56. The van der Waals surface area contributed by atoms with E-state index in [9.17, 15) is 9.90 Å². The molecule has 3 fully saturated rings. The van der Waals surface area contributed by atoms with Gasteiger partial charge in [-0.15, -0.1) is 0 Å². The van der Waals surface area contributed by atoms with Crippen LogP contribution < -0.4 is 4.74 Å². The molecule has 0 spiro atoms. The third kappa shape index (κ3) is 1.25. The van der Waals surface area contributed by atoms with E-state index in [1.807, 2.05) is 24.3 Å². The second-order valence-electron chi connectivity index (χ2n) is 5.18. The maximum absolute atomic E-state index is 11.4. The molecule has 17 heavy (non-hydrogen) atoms. The lowest BCUT2D eigenvalue weighted by molar-refractivity contribution is -0.150. The topological polar surface area (TPSA) is 46.5 Å². The summed E-state index contributed by atoms with van der Waals surface area (Å²) < 4.78 is 5.38. The monoisotopic (exact) mass is 232 g/mol. The first-order chi connectivity index (χ1) is 8.19. The van der Waals surface area contributed by atoms with E-state index in [0.717, 1.165) is 30.6 Å². The van der Waals surface area contributed by atoms with E-state index >= 15 is 0 Å². The molecule has 3 saturated carbocycles. The molecule has 3 atom stereocenters. The smallest absolute Gasteiger partial charge is 0.307 e. The van der Waals surface area contributed by atoms with Gasteiger partial charge in [0.25, 0.3) is 0 Å². The second kappa shape index (κ2) is 3.49. The summed E-state index contributed by atoms with van der Waals surface area (Å²) in [4.78, 5) is 11.4. The third-order valence-electron chi connectivity index (χ3n) is 4.56. The summed E-state index contributed by atoms with van der Waals surface area (Å²) in [6.07, 6.45) is 3.02. The predicted molar refractivity (Wildman–Crippen MR) is 63.1 cm³/mol. The number of aliphatic carboxylic acids is 1. The van der Waals surface area contributed by atoms with E-state index in [2.05, 4.69) is 0 Å². The average Bonchev–Trinajstić information content (AvgIpc) is 2.87. The van der Waals surface area contributed by atoms with Crippen molar-refractivity contribution in [3.05, 3.63) is 29.8 Å². The number of fused-ring (bicyclic) bond motifs is 1. The number of carboxylic acid groups (broad SMARTS) is 1. The molecule has 4 rings (SSSR count). The summed E-state index contributed by atoms with van der Waals surface area (Å²) in [6, 6.07) is 7.85. The first-order valence-electron chi connectivity index (χ1n) is 6.05. The van der Waals surface area contributed by atoms with E-state index in [4.69, 9.17) is 4.74 Å². The molecule has 3 nitrogen and oxygen atoms in total. The molecule has 0 amide bonds. The van der Waals surface area contributed by atoms with Crippen LogP contribution >= 0.6 is 0 Å². The van der Waals surface area contributed by atoms with Crippen LogP contribution in [0.3, 0.4) is 0 Å². The van der Waals surface area contributed by atoms with Gasteiger partial charge in [0.1, 0.15) is 5.75 Å². The van der Waals surface area contributed by atoms with Crippen molar-refractivity contribution in [2.45, 2.75) is 24.7 Å². The molecular weight excluding hydrogens is 216 g/mol. The lowest BCUT2D eigenvalue weighted by atomic mass is 9.57. The number of rotatable bonds is 3. The molecule has 0 radical (unpaired) electrons. The molecule has 3 aliphatic rings. The Morgan fingerprint density at radius 1 is 1.47 bits per heavy atom. The number of hydrogen-bond acceptors (Lipinski definition) is 2. The Hall–Kier alpha value is -1.51.